The second-order valence-electron chi connectivity index (χ2n) is 6.04. The number of hydrogen-bond donors (Lipinski definition) is 1. The molecule has 1 aliphatic rings. The van der Waals surface area contributed by atoms with Gasteiger partial charge in [-0.1, -0.05) is 44.5 Å². The van der Waals surface area contributed by atoms with E-state index in [0.717, 1.165) is 13.1 Å². The van der Waals surface area contributed by atoms with Crippen LogP contribution < -0.4 is 5.73 Å². The molecule has 0 aromatic heterocycles. The van der Waals surface area contributed by atoms with Crippen LogP contribution in [0.4, 0.5) is 0 Å². The molecule has 0 fully saturated rings. The quantitative estimate of drug-likeness (QED) is 0.878. The van der Waals surface area contributed by atoms with E-state index in [0.29, 0.717) is 5.92 Å². The molecule has 1 aromatic carbocycles. The first-order valence-electron chi connectivity index (χ1n) is 7.66. The molecule has 19 heavy (non-hydrogen) atoms. The Bertz CT molecular complexity index is 415. The summed E-state index contributed by atoms with van der Waals surface area (Å²) < 4.78 is 0. The lowest BCUT2D eigenvalue weighted by Gasteiger charge is -2.47. The minimum atomic E-state index is 0.0538. The van der Waals surface area contributed by atoms with E-state index in [4.69, 9.17) is 5.73 Å². The molecular weight excluding hydrogens is 232 g/mol. The summed E-state index contributed by atoms with van der Waals surface area (Å²) in [4.78, 5) is 2.50. The van der Waals surface area contributed by atoms with Crippen LogP contribution in [-0.2, 0) is 5.54 Å². The van der Waals surface area contributed by atoms with E-state index in [1.807, 2.05) is 0 Å². The Morgan fingerprint density at radius 3 is 2.79 bits per heavy atom. The monoisotopic (exact) mass is 260 g/mol. The zero-order valence-corrected chi connectivity index (χ0v) is 12.7. The number of benzene rings is 1. The largest absolute Gasteiger partial charge is 0.328 e. The molecule has 0 amide bonds. The van der Waals surface area contributed by atoms with Gasteiger partial charge in [0.25, 0.3) is 0 Å². The molecule has 0 bridgehead atoms. The van der Waals surface area contributed by atoms with Gasteiger partial charge >= 0.3 is 0 Å². The summed E-state index contributed by atoms with van der Waals surface area (Å²) >= 11 is 0. The van der Waals surface area contributed by atoms with Crippen molar-refractivity contribution in [3.8, 4) is 0 Å². The fraction of sp³-hybridized carbons (Fsp3) is 0.647. The van der Waals surface area contributed by atoms with Gasteiger partial charge in [-0.2, -0.15) is 0 Å². The Hall–Kier alpha value is -0.860. The molecule has 2 nitrogen and oxygen atoms in total. The highest BCUT2D eigenvalue weighted by atomic mass is 15.2. The van der Waals surface area contributed by atoms with Gasteiger partial charge in [-0.15, -0.1) is 0 Å². The van der Waals surface area contributed by atoms with Gasteiger partial charge in [0.15, 0.2) is 0 Å². The molecule has 2 atom stereocenters. The first kappa shape index (κ1) is 14.5. The molecule has 0 aliphatic heterocycles. The number of rotatable bonds is 5. The van der Waals surface area contributed by atoms with Crippen LogP contribution in [0.5, 0.6) is 0 Å². The van der Waals surface area contributed by atoms with Gasteiger partial charge in [0.2, 0.25) is 0 Å². The summed E-state index contributed by atoms with van der Waals surface area (Å²) in [5, 5.41) is 0. The average Bonchev–Trinajstić information content (AvgIpc) is 2.46. The Balaban J connectivity index is 2.38. The second-order valence-corrected chi connectivity index (χ2v) is 6.04. The number of nitrogens with two attached hydrogens (primary N) is 1. The summed E-state index contributed by atoms with van der Waals surface area (Å²) in [5.41, 5.74) is 9.25. The number of fused-ring (bicyclic) bond motifs is 1. The molecule has 1 aliphatic carbocycles. The van der Waals surface area contributed by atoms with E-state index in [2.05, 4.69) is 50.1 Å². The molecule has 1 aromatic rings. The highest BCUT2D eigenvalue weighted by molar-refractivity contribution is 5.39. The molecule has 2 heteroatoms. The number of hydrogen-bond acceptors (Lipinski definition) is 2. The van der Waals surface area contributed by atoms with Crippen molar-refractivity contribution in [1.29, 1.82) is 0 Å². The first-order chi connectivity index (χ1) is 9.15. The third-order valence-corrected chi connectivity index (χ3v) is 4.90. The van der Waals surface area contributed by atoms with Crippen LogP contribution in [0.15, 0.2) is 24.3 Å². The molecule has 106 valence electrons. The van der Waals surface area contributed by atoms with Crippen LogP contribution in [0.2, 0.25) is 0 Å². The van der Waals surface area contributed by atoms with Gasteiger partial charge in [0.1, 0.15) is 0 Å². The molecular formula is C17H28N2. The zero-order valence-electron chi connectivity index (χ0n) is 12.7. The smallest absolute Gasteiger partial charge is 0.0584 e. The van der Waals surface area contributed by atoms with Gasteiger partial charge in [-0.25, -0.2) is 0 Å². The van der Waals surface area contributed by atoms with Crippen LogP contribution in [-0.4, -0.2) is 25.0 Å². The maximum absolute atomic E-state index is 6.23. The number of nitrogens with zero attached hydrogens (tertiary/aromatic N) is 1. The van der Waals surface area contributed by atoms with E-state index < -0.39 is 0 Å². The fourth-order valence-corrected chi connectivity index (χ4v) is 3.47. The molecule has 2 unspecified atom stereocenters. The lowest BCUT2D eigenvalue weighted by atomic mass is 9.71. The van der Waals surface area contributed by atoms with Crippen molar-refractivity contribution in [3.05, 3.63) is 35.4 Å². The van der Waals surface area contributed by atoms with Crippen molar-refractivity contribution in [3.63, 3.8) is 0 Å². The Kier molecular flexibility index (Phi) is 4.64. The summed E-state index contributed by atoms with van der Waals surface area (Å²) in [6, 6.07) is 8.90. The molecule has 0 spiro atoms. The maximum Gasteiger partial charge on any atom is 0.0584 e. The second kappa shape index (κ2) is 6.06. The normalized spacial score (nSPS) is 26.5. The SMILES string of the molecule is CCCCN(C)C1(CN)CCC(C)c2ccccc21. The average molecular weight is 260 g/mol. The molecule has 0 radical (unpaired) electrons. The van der Waals surface area contributed by atoms with Crippen LogP contribution in [0.3, 0.4) is 0 Å². The zero-order chi connectivity index (χ0) is 13.9. The van der Waals surface area contributed by atoms with Crippen molar-refractivity contribution in [2.24, 2.45) is 5.73 Å². The molecule has 0 heterocycles. The van der Waals surface area contributed by atoms with Crippen molar-refractivity contribution in [1.82, 2.24) is 4.90 Å². The summed E-state index contributed by atoms with van der Waals surface area (Å²) in [6.45, 7) is 6.44. The Morgan fingerprint density at radius 2 is 2.11 bits per heavy atom. The Labute approximate surface area is 118 Å². The predicted octanol–water partition coefficient (Wildman–Crippen LogP) is 3.47. The van der Waals surface area contributed by atoms with E-state index in [1.165, 1.54) is 36.8 Å². The van der Waals surface area contributed by atoms with Crippen LogP contribution >= 0.6 is 0 Å². The van der Waals surface area contributed by atoms with Gasteiger partial charge in [0, 0.05) is 6.54 Å². The minimum absolute atomic E-state index is 0.0538. The number of likely N-dealkylation sites (N-methyl/N-ethyl adjacent to an activating group) is 1. The van der Waals surface area contributed by atoms with Gasteiger partial charge in [-0.3, -0.25) is 4.90 Å². The molecule has 0 saturated heterocycles. The van der Waals surface area contributed by atoms with Crippen LogP contribution in [0.25, 0.3) is 0 Å². The van der Waals surface area contributed by atoms with E-state index >= 15 is 0 Å². The van der Waals surface area contributed by atoms with Crippen LogP contribution in [0, 0.1) is 0 Å². The lowest BCUT2D eigenvalue weighted by Crippen LogP contribution is -2.52. The minimum Gasteiger partial charge on any atom is -0.328 e. The Morgan fingerprint density at radius 1 is 1.37 bits per heavy atom. The van der Waals surface area contributed by atoms with Crippen molar-refractivity contribution < 1.29 is 0 Å². The third kappa shape index (κ3) is 2.56. The maximum atomic E-state index is 6.23. The lowest BCUT2D eigenvalue weighted by molar-refractivity contribution is 0.0980. The van der Waals surface area contributed by atoms with Gasteiger partial charge in [0.05, 0.1) is 5.54 Å². The predicted molar refractivity (Wildman–Crippen MR) is 82.4 cm³/mol. The van der Waals surface area contributed by atoms with Gasteiger partial charge in [-0.05, 0) is 49.9 Å². The van der Waals surface area contributed by atoms with Crippen molar-refractivity contribution >= 4 is 0 Å². The summed E-state index contributed by atoms with van der Waals surface area (Å²) in [7, 11) is 2.25. The van der Waals surface area contributed by atoms with E-state index in [1.54, 1.807) is 0 Å². The number of unbranched alkanes of at least 4 members (excludes halogenated alkanes) is 1. The third-order valence-electron chi connectivity index (χ3n) is 4.90. The summed E-state index contributed by atoms with van der Waals surface area (Å²) in [5.74, 6) is 0.662. The highest BCUT2D eigenvalue weighted by Crippen LogP contribution is 2.43. The fourth-order valence-electron chi connectivity index (χ4n) is 3.47. The van der Waals surface area contributed by atoms with Crippen LogP contribution in [0.1, 0.15) is 56.6 Å². The summed E-state index contributed by atoms with van der Waals surface area (Å²) in [6.07, 6.45) is 4.91. The topological polar surface area (TPSA) is 29.3 Å². The van der Waals surface area contributed by atoms with E-state index in [9.17, 15) is 0 Å². The van der Waals surface area contributed by atoms with E-state index in [-0.39, 0.29) is 5.54 Å². The highest BCUT2D eigenvalue weighted by Gasteiger charge is 2.40. The molecule has 2 N–H and O–H groups in total. The van der Waals surface area contributed by atoms with Gasteiger partial charge < -0.3 is 5.73 Å². The first-order valence-corrected chi connectivity index (χ1v) is 7.66. The van der Waals surface area contributed by atoms with Crippen molar-refractivity contribution in [2.45, 2.75) is 51.0 Å². The molecule has 0 saturated carbocycles. The molecule has 2 rings (SSSR count). The standard InChI is InChI=1S/C17H28N2/c1-4-5-12-19(3)17(13-18)11-10-14(2)15-8-6-7-9-16(15)17/h6-9,14H,4-5,10-13,18H2,1-3H3. The van der Waals surface area contributed by atoms with Crippen molar-refractivity contribution in [2.75, 3.05) is 20.1 Å².